The van der Waals surface area contributed by atoms with E-state index in [2.05, 4.69) is 10.3 Å². The minimum Gasteiger partial charge on any atom is -0.481 e. The van der Waals surface area contributed by atoms with E-state index in [1.807, 2.05) is 0 Å². The number of carbonyl (C=O) groups is 2. The van der Waals surface area contributed by atoms with Crippen molar-refractivity contribution < 1.29 is 14.7 Å². The molecule has 1 saturated carbocycles. The van der Waals surface area contributed by atoms with Crippen LogP contribution in [0.15, 0.2) is 23.1 Å². The summed E-state index contributed by atoms with van der Waals surface area (Å²) < 4.78 is 0. The third-order valence-corrected chi connectivity index (χ3v) is 3.44. The van der Waals surface area contributed by atoms with Gasteiger partial charge in [0.2, 0.25) is 5.56 Å². The number of carbonyl (C=O) groups excluding carboxylic acids is 1. The van der Waals surface area contributed by atoms with E-state index in [0.717, 1.165) is 12.8 Å². The third kappa shape index (κ3) is 3.21. The summed E-state index contributed by atoms with van der Waals surface area (Å²) in [5.74, 6) is -1.82. The normalized spacial score (nSPS) is 22.7. The van der Waals surface area contributed by atoms with E-state index >= 15 is 0 Å². The van der Waals surface area contributed by atoms with Crippen LogP contribution in [0.1, 0.15) is 36.0 Å². The number of rotatable bonds is 3. The second-order valence-electron chi connectivity index (χ2n) is 4.75. The molecule has 1 fully saturated rings. The Labute approximate surface area is 109 Å². The molecule has 3 N–H and O–H groups in total. The first-order chi connectivity index (χ1) is 9.08. The number of hydrogen-bond acceptors (Lipinski definition) is 3. The monoisotopic (exact) mass is 264 g/mol. The number of amides is 1. The Morgan fingerprint density at radius 1 is 1.32 bits per heavy atom. The van der Waals surface area contributed by atoms with Crippen molar-refractivity contribution in [1.29, 1.82) is 0 Å². The zero-order chi connectivity index (χ0) is 13.8. The Hall–Kier alpha value is -2.11. The predicted octanol–water partition coefficient (Wildman–Crippen LogP) is 0.748. The van der Waals surface area contributed by atoms with Crippen LogP contribution in [0.25, 0.3) is 0 Å². The van der Waals surface area contributed by atoms with Gasteiger partial charge in [-0.25, -0.2) is 0 Å². The highest BCUT2D eigenvalue weighted by molar-refractivity contribution is 5.94. The van der Waals surface area contributed by atoms with E-state index < -0.39 is 17.8 Å². The lowest BCUT2D eigenvalue weighted by Gasteiger charge is -2.29. The predicted molar refractivity (Wildman–Crippen MR) is 67.9 cm³/mol. The molecule has 1 aliphatic carbocycles. The average molecular weight is 264 g/mol. The summed E-state index contributed by atoms with van der Waals surface area (Å²) in [5, 5.41) is 11.9. The minimum absolute atomic E-state index is 0.249. The maximum Gasteiger partial charge on any atom is 0.308 e. The molecule has 102 valence electrons. The van der Waals surface area contributed by atoms with Gasteiger partial charge in [0.05, 0.1) is 5.92 Å². The highest BCUT2D eigenvalue weighted by atomic mass is 16.4. The molecule has 0 saturated heterocycles. The van der Waals surface area contributed by atoms with Crippen LogP contribution in [0.4, 0.5) is 0 Å². The fourth-order valence-corrected chi connectivity index (χ4v) is 2.44. The number of aliphatic carboxylic acids is 1. The largest absolute Gasteiger partial charge is 0.481 e. The van der Waals surface area contributed by atoms with Crippen molar-refractivity contribution in [3.8, 4) is 0 Å². The van der Waals surface area contributed by atoms with Crippen LogP contribution >= 0.6 is 0 Å². The smallest absolute Gasteiger partial charge is 0.308 e. The zero-order valence-electron chi connectivity index (χ0n) is 10.4. The molecule has 1 heterocycles. The van der Waals surface area contributed by atoms with Crippen molar-refractivity contribution in [2.45, 2.75) is 31.7 Å². The Bertz CT molecular complexity index is 537. The van der Waals surface area contributed by atoms with Crippen LogP contribution in [-0.4, -0.2) is 28.0 Å². The van der Waals surface area contributed by atoms with Gasteiger partial charge in [0.1, 0.15) is 0 Å². The van der Waals surface area contributed by atoms with Gasteiger partial charge < -0.3 is 15.4 Å². The molecule has 1 amide bonds. The molecular weight excluding hydrogens is 248 g/mol. The Kier molecular flexibility index (Phi) is 3.99. The van der Waals surface area contributed by atoms with Gasteiger partial charge in [-0.15, -0.1) is 0 Å². The number of hydrogen-bond donors (Lipinski definition) is 3. The van der Waals surface area contributed by atoms with Gasteiger partial charge in [0, 0.05) is 23.9 Å². The van der Waals surface area contributed by atoms with Gasteiger partial charge in [0.15, 0.2) is 0 Å². The van der Waals surface area contributed by atoms with Crippen LogP contribution in [0.3, 0.4) is 0 Å². The lowest BCUT2D eigenvalue weighted by atomic mass is 9.84. The van der Waals surface area contributed by atoms with E-state index in [4.69, 9.17) is 5.11 Å². The van der Waals surface area contributed by atoms with Crippen molar-refractivity contribution in [3.05, 3.63) is 34.2 Å². The Morgan fingerprint density at radius 2 is 2.05 bits per heavy atom. The molecule has 19 heavy (non-hydrogen) atoms. The molecule has 2 unspecified atom stereocenters. The molecular formula is C13H16N2O4. The number of carboxylic acid groups (broad SMARTS) is 1. The first-order valence-electron chi connectivity index (χ1n) is 6.30. The lowest BCUT2D eigenvalue weighted by molar-refractivity contribution is -0.143. The molecule has 0 spiro atoms. The van der Waals surface area contributed by atoms with Crippen LogP contribution in [0.5, 0.6) is 0 Å². The molecule has 1 aliphatic rings. The summed E-state index contributed by atoms with van der Waals surface area (Å²) in [6, 6.07) is 2.33. The van der Waals surface area contributed by atoms with Gasteiger partial charge in [-0.05, 0) is 18.9 Å². The maximum atomic E-state index is 12.0. The molecule has 2 rings (SSSR count). The molecule has 1 aromatic rings. The zero-order valence-corrected chi connectivity index (χ0v) is 10.4. The minimum atomic E-state index is -0.879. The summed E-state index contributed by atoms with van der Waals surface area (Å²) in [4.78, 5) is 36.7. The van der Waals surface area contributed by atoms with Crippen LogP contribution in [0.2, 0.25) is 0 Å². The molecule has 0 aliphatic heterocycles. The maximum absolute atomic E-state index is 12.0. The summed E-state index contributed by atoms with van der Waals surface area (Å²) >= 11 is 0. The third-order valence-electron chi connectivity index (χ3n) is 3.44. The lowest BCUT2D eigenvalue weighted by Crippen LogP contribution is -2.45. The van der Waals surface area contributed by atoms with Crippen molar-refractivity contribution in [3.63, 3.8) is 0 Å². The van der Waals surface area contributed by atoms with E-state index in [-0.39, 0.29) is 17.2 Å². The second-order valence-corrected chi connectivity index (χ2v) is 4.75. The van der Waals surface area contributed by atoms with E-state index in [9.17, 15) is 14.4 Å². The SMILES string of the molecule is O=C(NC1CCCCC1C(=O)O)c1cc[nH]c(=O)c1. The van der Waals surface area contributed by atoms with E-state index in [1.165, 1.54) is 18.3 Å². The number of pyridine rings is 1. The Balaban J connectivity index is 2.09. The topological polar surface area (TPSA) is 99.3 Å². The fraction of sp³-hybridized carbons (Fsp3) is 0.462. The molecule has 2 atom stereocenters. The van der Waals surface area contributed by atoms with Gasteiger partial charge in [-0.1, -0.05) is 12.8 Å². The van der Waals surface area contributed by atoms with Gasteiger partial charge in [-0.3, -0.25) is 14.4 Å². The number of carboxylic acids is 1. The van der Waals surface area contributed by atoms with Crippen molar-refractivity contribution >= 4 is 11.9 Å². The summed E-state index contributed by atoms with van der Waals surface area (Å²) in [6.45, 7) is 0. The van der Waals surface area contributed by atoms with E-state index in [1.54, 1.807) is 0 Å². The van der Waals surface area contributed by atoms with Crippen molar-refractivity contribution in [2.24, 2.45) is 5.92 Å². The van der Waals surface area contributed by atoms with Crippen LogP contribution < -0.4 is 10.9 Å². The average Bonchev–Trinajstić information content (AvgIpc) is 2.39. The summed E-state index contributed by atoms with van der Waals surface area (Å²) in [6.07, 6.45) is 4.41. The molecule has 6 heteroatoms. The first-order valence-corrected chi connectivity index (χ1v) is 6.30. The van der Waals surface area contributed by atoms with Crippen LogP contribution in [-0.2, 0) is 4.79 Å². The van der Waals surface area contributed by atoms with Crippen LogP contribution in [0, 0.1) is 5.92 Å². The van der Waals surface area contributed by atoms with Crippen molar-refractivity contribution in [1.82, 2.24) is 10.3 Å². The Morgan fingerprint density at radius 3 is 2.74 bits per heavy atom. The van der Waals surface area contributed by atoms with Gasteiger partial charge in [-0.2, -0.15) is 0 Å². The molecule has 0 aromatic carbocycles. The number of aromatic amines is 1. The number of nitrogens with one attached hydrogen (secondary N) is 2. The molecule has 1 aromatic heterocycles. The number of aromatic nitrogens is 1. The highest BCUT2D eigenvalue weighted by Gasteiger charge is 2.31. The summed E-state index contributed by atoms with van der Waals surface area (Å²) in [7, 11) is 0. The quantitative estimate of drug-likeness (QED) is 0.750. The first kappa shape index (κ1) is 13.3. The highest BCUT2D eigenvalue weighted by Crippen LogP contribution is 2.24. The van der Waals surface area contributed by atoms with Gasteiger partial charge >= 0.3 is 5.97 Å². The number of H-pyrrole nitrogens is 1. The summed E-state index contributed by atoms with van der Waals surface area (Å²) in [5.41, 5.74) is -0.107. The van der Waals surface area contributed by atoms with Gasteiger partial charge in [0.25, 0.3) is 5.91 Å². The van der Waals surface area contributed by atoms with E-state index in [0.29, 0.717) is 12.8 Å². The molecule has 0 radical (unpaired) electrons. The molecule has 0 bridgehead atoms. The second kappa shape index (κ2) is 5.69. The fourth-order valence-electron chi connectivity index (χ4n) is 2.44. The molecule has 6 nitrogen and oxygen atoms in total. The van der Waals surface area contributed by atoms with Crippen molar-refractivity contribution in [2.75, 3.05) is 0 Å². The standard InChI is InChI=1S/C13H16N2O4/c16-11-7-8(5-6-14-11)12(17)15-10-4-2-1-3-9(10)13(18)19/h5-7,9-10H,1-4H2,(H,14,16)(H,15,17)(H,18,19).